The number of anilines is 2. The van der Waals surface area contributed by atoms with Crippen LogP contribution >= 0.6 is 11.3 Å². The topological polar surface area (TPSA) is 127 Å². The number of phenols is 1. The fourth-order valence-corrected chi connectivity index (χ4v) is 1.82. The monoisotopic (exact) mass is 279 g/mol. The number of nitrogens with zero attached hydrogens (tertiary/aromatic N) is 3. The molecule has 19 heavy (non-hydrogen) atoms. The van der Waals surface area contributed by atoms with Crippen molar-refractivity contribution in [1.29, 1.82) is 0 Å². The van der Waals surface area contributed by atoms with Crippen LogP contribution in [0.25, 0.3) is 0 Å². The quantitative estimate of drug-likeness (QED) is 0.445. The molecule has 0 bridgehead atoms. The van der Waals surface area contributed by atoms with E-state index in [1.807, 2.05) is 0 Å². The maximum absolute atomic E-state index is 10.6. The summed E-state index contributed by atoms with van der Waals surface area (Å²) in [6.07, 6.45) is 1.38. The second-order valence-electron chi connectivity index (χ2n) is 3.45. The van der Waals surface area contributed by atoms with E-state index in [4.69, 9.17) is 5.73 Å². The molecule has 9 heteroatoms. The van der Waals surface area contributed by atoms with Gasteiger partial charge in [0.15, 0.2) is 5.75 Å². The summed E-state index contributed by atoms with van der Waals surface area (Å²) < 4.78 is 0. The summed E-state index contributed by atoms with van der Waals surface area (Å²) in [5.74, 6) is 0.00535. The first-order valence-electron chi connectivity index (χ1n) is 5.04. The molecule has 0 radical (unpaired) electrons. The molecule has 0 amide bonds. The van der Waals surface area contributed by atoms with Crippen molar-refractivity contribution in [3.63, 3.8) is 0 Å². The fraction of sp³-hybridized carbons (Fsp3) is 0. The normalized spacial score (nSPS) is 10.7. The molecule has 0 spiro atoms. The molecular weight excluding hydrogens is 270 g/mol. The lowest BCUT2D eigenvalue weighted by atomic mass is 10.2. The average Bonchev–Trinajstić information content (AvgIpc) is 2.77. The summed E-state index contributed by atoms with van der Waals surface area (Å²) in [7, 11) is 0. The van der Waals surface area contributed by atoms with Crippen molar-refractivity contribution in [2.75, 3.05) is 11.2 Å². The van der Waals surface area contributed by atoms with E-state index in [1.54, 1.807) is 5.38 Å². The number of aromatic hydroxyl groups is 1. The van der Waals surface area contributed by atoms with Gasteiger partial charge in [-0.05, 0) is 12.1 Å². The molecular formula is C10H9N5O3S. The van der Waals surface area contributed by atoms with Crippen molar-refractivity contribution in [1.82, 2.24) is 4.98 Å². The fourth-order valence-electron chi connectivity index (χ4n) is 1.27. The Bertz CT molecular complexity index is 640. The van der Waals surface area contributed by atoms with Crippen LogP contribution in [0.3, 0.4) is 0 Å². The van der Waals surface area contributed by atoms with Gasteiger partial charge in [0, 0.05) is 17.0 Å². The molecule has 4 N–H and O–H groups in total. The van der Waals surface area contributed by atoms with Crippen LogP contribution in [0.2, 0.25) is 0 Å². The lowest BCUT2D eigenvalue weighted by Gasteiger charge is -1.97. The first-order chi connectivity index (χ1) is 9.06. The number of phenolic OH excluding ortho intramolecular Hbond substituents is 1. The Hall–Kier alpha value is -2.68. The second-order valence-corrected chi connectivity index (χ2v) is 4.31. The van der Waals surface area contributed by atoms with Gasteiger partial charge in [-0.1, -0.05) is 0 Å². The second kappa shape index (κ2) is 5.31. The van der Waals surface area contributed by atoms with Gasteiger partial charge in [-0.2, -0.15) is 5.10 Å². The molecule has 0 fully saturated rings. The van der Waals surface area contributed by atoms with Crippen LogP contribution in [0, 0.1) is 10.1 Å². The Labute approximate surface area is 111 Å². The number of rotatable bonds is 4. The van der Waals surface area contributed by atoms with Crippen molar-refractivity contribution >= 4 is 34.2 Å². The third kappa shape index (κ3) is 3.16. The van der Waals surface area contributed by atoms with Crippen LogP contribution in [0.15, 0.2) is 28.7 Å². The molecule has 1 aromatic carbocycles. The molecule has 0 aliphatic carbocycles. The van der Waals surface area contributed by atoms with Gasteiger partial charge in [-0.25, -0.2) is 4.98 Å². The highest BCUT2D eigenvalue weighted by molar-refractivity contribution is 7.14. The summed E-state index contributed by atoms with van der Waals surface area (Å²) in [5.41, 5.74) is 8.18. The molecule has 0 saturated carbocycles. The number of hydrogen-bond acceptors (Lipinski definition) is 8. The minimum absolute atomic E-state index is 0.373. The van der Waals surface area contributed by atoms with Gasteiger partial charge in [-0.3, -0.25) is 15.5 Å². The summed E-state index contributed by atoms with van der Waals surface area (Å²) >= 11 is 1.29. The molecule has 0 saturated heterocycles. The van der Waals surface area contributed by atoms with Crippen LogP contribution < -0.4 is 11.2 Å². The summed E-state index contributed by atoms with van der Waals surface area (Å²) in [5, 5.41) is 26.0. The van der Waals surface area contributed by atoms with Gasteiger partial charge >= 0.3 is 5.69 Å². The maximum atomic E-state index is 10.6. The van der Waals surface area contributed by atoms with E-state index in [1.165, 1.54) is 35.8 Å². The number of aromatic nitrogens is 1. The maximum Gasteiger partial charge on any atom is 0.311 e. The van der Waals surface area contributed by atoms with Gasteiger partial charge in [0.1, 0.15) is 5.82 Å². The highest BCUT2D eigenvalue weighted by atomic mass is 32.1. The van der Waals surface area contributed by atoms with E-state index in [2.05, 4.69) is 15.5 Å². The minimum Gasteiger partial charge on any atom is -0.502 e. The van der Waals surface area contributed by atoms with Crippen LogP contribution in [0.5, 0.6) is 5.75 Å². The third-order valence-corrected chi connectivity index (χ3v) is 2.86. The molecule has 1 aromatic heterocycles. The van der Waals surface area contributed by atoms with Gasteiger partial charge < -0.3 is 10.8 Å². The van der Waals surface area contributed by atoms with E-state index in [0.717, 1.165) is 0 Å². The Morgan fingerprint density at radius 3 is 3.00 bits per heavy atom. The zero-order chi connectivity index (χ0) is 13.8. The minimum atomic E-state index is -0.665. The molecule has 1 heterocycles. The van der Waals surface area contributed by atoms with Crippen LogP contribution in [0.1, 0.15) is 5.56 Å². The first-order valence-corrected chi connectivity index (χ1v) is 5.91. The Balaban J connectivity index is 2.10. The SMILES string of the molecule is Nc1csc(NN=Cc2ccc(O)c([N+](=O)[O-])c2)n1. The summed E-state index contributed by atoms with van der Waals surface area (Å²) in [4.78, 5) is 13.9. The highest BCUT2D eigenvalue weighted by Gasteiger charge is 2.12. The highest BCUT2D eigenvalue weighted by Crippen LogP contribution is 2.25. The standard InChI is InChI=1S/C10H9N5O3S/c11-9-5-19-10(13-9)14-12-4-6-1-2-8(16)7(3-6)15(17)18/h1-5,16H,11H2,(H,13,14). The van der Waals surface area contributed by atoms with E-state index in [9.17, 15) is 15.2 Å². The first kappa shape index (κ1) is 12.8. The summed E-state index contributed by atoms with van der Waals surface area (Å²) in [6, 6.07) is 3.96. The van der Waals surface area contributed by atoms with Gasteiger partial charge in [0.05, 0.1) is 11.1 Å². The lowest BCUT2D eigenvalue weighted by Crippen LogP contribution is -1.93. The van der Waals surface area contributed by atoms with Crippen molar-refractivity contribution in [2.24, 2.45) is 5.10 Å². The molecule has 0 unspecified atom stereocenters. The number of nitro benzene ring substituents is 1. The molecule has 8 nitrogen and oxygen atoms in total. The number of hydrazone groups is 1. The molecule has 0 atom stereocenters. The van der Waals surface area contributed by atoms with Gasteiger partial charge in [0.2, 0.25) is 5.13 Å². The Kier molecular flexibility index (Phi) is 3.57. The number of thiazole rings is 1. The Morgan fingerprint density at radius 1 is 1.58 bits per heavy atom. The van der Waals surface area contributed by atoms with Crippen LogP contribution in [-0.4, -0.2) is 21.2 Å². The number of nitrogens with two attached hydrogens (primary N) is 1. The predicted molar refractivity (Wildman–Crippen MR) is 72.5 cm³/mol. The molecule has 0 aliphatic rings. The Morgan fingerprint density at radius 2 is 2.37 bits per heavy atom. The van der Waals surface area contributed by atoms with Gasteiger partial charge in [0.25, 0.3) is 0 Å². The number of hydrogen-bond donors (Lipinski definition) is 3. The molecule has 2 rings (SSSR count). The van der Waals surface area contributed by atoms with E-state index in [-0.39, 0.29) is 11.4 Å². The van der Waals surface area contributed by atoms with E-state index >= 15 is 0 Å². The summed E-state index contributed by atoms with van der Waals surface area (Å²) in [6.45, 7) is 0. The largest absolute Gasteiger partial charge is 0.502 e. The number of nitro groups is 1. The van der Waals surface area contributed by atoms with Crippen molar-refractivity contribution in [2.45, 2.75) is 0 Å². The smallest absolute Gasteiger partial charge is 0.311 e. The number of nitrogen functional groups attached to an aromatic ring is 1. The van der Waals surface area contributed by atoms with Crippen LogP contribution in [0.4, 0.5) is 16.6 Å². The molecule has 98 valence electrons. The number of nitrogens with one attached hydrogen (secondary N) is 1. The molecule has 0 aliphatic heterocycles. The lowest BCUT2D eigenvalue weighted by molar-refractivity contribution is -0.385. The number of benzene rings is 1. The van der Waals surface area contributed by atoms with Gasteiger partial charge in [-0.15, -0.1) is 11.3 Å². The zero-order valence-electron chi connectivity index (χ0n) is 9.48. The predicted octanol–water partition coefficient (Wildman–Crippen LogP) is 1.79. The molecule has 2 aromatic rings. The zero-order valence-corrected chi connectivity index (χ0v) is 10.3. The third-order valence-electron chi connectivity index (χ3n) is 2.09. The average molecular weight is 279 g/mol. The van der Waals surface area contributed by atoms with E-state index < -0.39 is 4.92 Å². The van der Waals surface area contributed by atoms with Crippen molar-refractivity contribution in [3.8, 4) is 5.75 Å². The van der Waals surface area contributed by atoms with Crippen molar-refractivity contribution < 1.29 is 10.0 Å². The van der Waals surface area contributed by atoms with Crippen LogP contribution in [-0.2, 0) is 0 Å². The van der Waals surface area contributed by atoms with E-state index in [0.29, 0.717) is 16.5 Å². The van der Waals surface area contributed by atoms with Crippen molar-refractivity contribution in [3.05, 3.63) is 39.3 Å².